The Morgan fingerprint density at radius 3 is 1.10 bits per heavy atom. The largest absolute Gasteiger partial charge is 0.390 e. The number of halogens is 1. The quantitative estimate of drug-likeness (QED) is 0.0306. The normalized spacial score (nSPS) is 30.3. The number of anilines is 3. The maximum absolute atomic E-state index is 12.8. The topological polar surface area (TPSA) is 331 Å². The first kappa shape index (κ1) is 108. The molecule has 10 fully saturated rings. The lowest BCUT2D eigenvalue weighted by molar-refractivity contribution is -0.119. The van der Waals surface area contributed by atoms with Crippen LogP contribution >= 0.6 is 35.9 Å². The number of fused-ring (bicyclic) bond motifs is 3. The van der Waals surface area contributed by atoms with Crippen LogP contribution in [0.1, 0.15) is 273 Å². The van der Waals surface area contributed by atoms with Gasteiger partial charge in [0.1, 0.15) is 58.5 Å². The number of amides is 3. The van der Waals surface area contributed by atoms with Gasteiger partial charge in [0.05, 0.1) is 48.7 Å². The lowest BCUT2D eigenvalue weighted by Gasteiger charge is -2.40. The number of aromatic nitrogens is 6. The Hall–Kier alpha value is -7.09. The maximum Gasteiger partial charge on any atom is 0.351 e. The average Bonchev–Trinajstić information content (AvgIpc) is 1.60. The molecule has 6 aliphatic heterocycles. The fraction of sp³-hybridized carbons (Fsp3) is 0.614. The zero-order chi connectivity index (χ0) is 96.2. The van der Waals surface area contributed by atoms with E-state index in [0.29, 0.717) is 31.7 Å². The van der Waals surface area contributed by atoms with Crippen LogP contribution in [0.3, 0.4) is 0 Å². The Bertz CT molecular complexity index is 4880. The van der Waals surface area contributed by atoms with Gasteiger partial charge in [-0.15, -0.1) is 0 Å². The van der Waals surface area contributed by atoms with Crippen LogP contribution in [0, 0.1) is 17.8 Å². The van der Waals surface area contributed by atoms with Gasteiger partial charge in [0.2, 0.25) is 25.4 Å². The van der Waals surface area contributed by atoms with Gasteiger partial charge in [0.25, 0.3) is 17.1 Å². The van der Waals surface area contributed by atoms with E-state index in [2.05, 4.69) is 190 Å². The number of rotatable bonds is 24. The van der Waals surface area contributed by atoms with Gasteiger partial charge in [-0.2, -0.15) is 15.0 Å². The molecule has 17 rings (SSSR count). The number of hydrogen-bond acceptors (Lipinski definition) is 24. The Morgan fingerprint density at radius 2 is 0.778 bits per heavy atom. The van der Waals surface area contributed by atoms with E-state index in [-0.39, 0.29) is 126 Å². The van der Waals surface area contributed by atoms with E-state index in [9.17, 15) is 39.0 Å². The van der Waals surface area contributed by atoms with E-state index < -0.39 is 72.2 Å². The Balaban J connectivity index is 0.000000166. The van der Waals surface area contributed by atoms with Gasteiger partial charge in [-0.05, 0) is 170 Å². The predicted molar refractivity (Wildman–Crippen MR) is 534 cm³/mol. The smallest absolute Gasteiger partial charge is 0.351 e. The summed E-state index contributed by atoms with van der Waals surface area (Å²) in [6.07, 6.45) is 23.2. The SMILES string of the molecule is C.CCN(CC)CC.CC[C@H]1O[C@@H](n2ccc(NC(=O)C(C)C)nc2=O)CC1O.CC[C@H]1O[C@@H](n2ccc(NC(=O)C(C)C)nc2=O)CC1O[P@@]1O[C@]2(c3ccccc3)CCCC[C@H]2N1C.CC[C@H]1O[C@@H](n2ccc(NC(=O)C(C)C)nc2=O)CC1O[P@]1O[C@]2(c3ccccc3)CCCC[C@H]2N1C.CN1[C@@H]2CCCC[C@@]2(c2ccccc2)OP1Cl.CN[C@@H]1CCCC[C@]1(O)c1ccccc1. The summed E-state index contributed by atoms with van der Waals surface area (Å²) in [5, 5.41) is 31.7. The molecule has 135 heavy (non-hydrogen) atoms. The van der Waals surface area contributed by atoms with E-state index in [1.165, 1.54) is 94.7 Å². The fourth-order valence-electron chi connectivity index (χ4n) is 20.0. The average molecular weight is 1940 g/mol. The molecule has 4 aromatic carbocycles. The number of benzene rings is 4. The van der Waals surface area contributed by atoms with Crippen LogP contribution in [-0.2, 0) is 73.6 Å². The second kappa shape index (κ2) is 50.3. The van der Waals surface area contributed by atoms with Gasteiger partial charge in [0.15, 0.2) is 0 Å². The number of hydrogen-bond donors (Lipinski definition) is 6. The van der Waals surface area contributed by atoms with E-state index >= 15 is 0 Å². The molecule has 742 valence electrons. The molecular formula is C101H150ClN14O16P3. The summed E-state index contributed by atoms with van der Waals surface area (Å²) in [5.41, 5.74) is 1.82. The second-order valence-electron chi connectivity index (χ2n) is 37.4. The van der Waals surface area contributed by atoms with Gasteiger partial charge in [0, 0.05) is 67.7 Å². The molecule has 0 spiro atoms. The van der Waals surface area contributed by atoms with Crippen molar-refractivity contribution in [2.45, 2.75) is 334 Å². The summed E-state index contributed by atoms with van der Waals surface area (Å²) in [5.74, 6) is -0.434. The third-order valence-electron chi connectivity index (χ3n) is 27.9. The number of nitrogens with zero attached hydrogens (tertiary/aromatic N) is 10. The van der Waals surface area contributed by atoms with Crippen molar-refractivity contribution in [2.24, 2.45) is 17.8 Å². The molecule has 4 saturated carbocycles. The second-order valence-corrected chi connectivity index (χ2v) is 42.5. The molecule has 0 radical (unpaired) electrons. The standard InChI is InChI=1S/2C27H37N4O5P.C14H21N3O4.C13H17ClNOP.C13H19NO.C6H15N.CH4/c2*1-5-20-21(17-24(34-20)31-16-14-23(29-26(31)33)28-25(32)18(2)3)35-37-30(4)22-13-9-10-15-27(22,36-37)19-11-7-6-8-12-19;1-4-10-9(18)7-12(21-10)17-6-5-11(16-14(17)20)15-13(19)8(2)3;1-15-12-9-5-6-10-13(12,16-17(15)14)11-7-3-2-4-8-11;1-14-12-9-5-6-10-13(12,15)11-7-3-2-4-8-11;1-4-7(5-2)6-3;/h2*6-8,11-12,14,16,18,20-22,24H,5,9-10,13,15,17H2,1-4H3,(H,28,29,32,33);5-6,8-10,12,18H,4,7H2,1-3H3,(H,15,16,19,20);2-4,7-8,12H,5-6,9-10H2,1H3;2-4,7-8,12,14-15H,5-6,9-10H2,1H3;4-6H2,1-3H3;1H4/t20-,21?,22-,24-,27+,37+;20-,21?,22-,24-,27+,37-;9?,10-,12-;12-,13+,17?;12-,13+;;/m11111../s1. The zero-order valence-electron chi connectivity index (χ0n) is 81.2. The molecule has 3 aromatic heterocycles. The zero-order valence-corrected chi connectivity index (χ0v) is 84.7. The number of carbonyl (C=O) groups is 3. The molecule has 4 aliphatic carbocycles. The summed E-state index contributed by atoms with van der Waals surface area (Å²) in [4.78, 5) is 87.4. The molecule has 6 N–H and O–H groups in total. The lowest BCUT2D eigenvalue weighted by atomic mass is 9.76. The number of likely N-dealkylation sites (N-methyl/N-ethyl adjacent to an activating group) is 4. The van der Waals surface area contributed by atoms with Gasteiger partial charge in [-0.25, -0.2) is 28.4 Å². The van der Waals surface area contributed by atoms with Gasteiger partial charge >= 0.3 is 17.1 Å². The van der Waals surface area contributed by atoms with Crippen LogP contribution in [0.25, 0.3) is 0 Å². The highest BCUT2D eigenvalue weighted by molar-refractivity contribution is 7.78. The molecule has 20 atom stereocenters. The first-order valence-electron chi connectivity index (χ1n) is 48.8. The highest BCUT2D eigenvalue weighted by atomic mass is 35.7. The molecule has 9 heterocycles. The third kappa shape index (κ3) is 25.8. The van der Waals surface area contributed by atoms with Gasteiger partial charge < -0.3 is 73.2 Å². The van der Waals surface area contributed by atoms with E-state index in [4.69, 9.17) is 48.1 Å². The van der Waals surface area contributed by atoms with Crippen LogP contribution in [0.15, 0.2) is 173 Å². The first-order chi connectivity index (χ1) is 64.4. The van der Waals surface area contributed by atoms with Crippen molar-refractivity contribution in [3.63, 3.8) is 0 Å². The van der Waals surface area contributed by atoms with E-state index in [0.717, 1.165) is 82.6 Å². The van der Waals surface area contributed by atoms with E-state index in [1.54, 1.807) is 72.1 Å². The third-order valence-corrected chi connectivity index (χ3v) is 33.5. The number of carbonyl (C=O) groups excluding carboxylic acids is 3. The van der Waals surface area contributed by atoms with Crippen LogP contribution < -0.4 is 38.3 Å². The summed E-state index contributed by atoms with van der Waals surface area (Å²) in [7, 11) is 4.74. The minimum atomic E-state index is -1.29. The molecule has 10 aliphatic rings. The maximum atomic E-state index is 12.8. The summed E-state index contributed by atoms with van der Waals surface area (Å²) in [6.45, 7) is 26.8. The minimum Gasteiger partial charge on any atom is -0.390 e. The number of ether oxygens (including phenoxy) is 3. The lowest BCUT2D eigenvalue weighted by Crippen LogP contribution is -2.49. The molecule has 0 bridgehead atoms. The van der Waals surface area contributed by atoms with Crippen LogP contribution in [0.2, 0.25) is 0 Å². The number of nitrogens with one attached hydrogen (secondary N) is 4. The minimum absolute atomic E-state index is 0. The summed E-state index contributed by atoms with van der Waals surface area (Å²) in [6, 6.07) is 47.7. The van der Waals surface area contributed by atoms with Crippen molar-refractivity contribution < 1.29 is 61.4 Å². The molecule has 34 heteroatoms. The first-order valence-corrected chi connectivity index (χ1v) is 53.1. The fourth-order valence-corrected chi connectivity index (χ4v) is 25.7. The predicted octanol–water partition coefficient (Wildman–Crippen LogP) is 19.1. The van der Waals surface area contributed by atoms with Crippen LogP contribution in [0.5, 0.6) is 0 Å². The van der Waals surface area contributed by atoms with Crippen molar-refractivity contribution >= 4 is 71.1 Å². The molecule has 4 unspecified atom stereocenters. The van der Waals surface area contributed by atoms with Gasteiger partial charge in [-0.3, -0.25) is 28.1 Å². The van der Waals surface area contributed by atoms with Gasteiger partial charge in [-0.1, -0.05) is 263 Å². The Morgan fingerprint density at radius 1 is 0.459 bits per heavy atom. The van der Waals surface area contributed by atoms with Crippen LogP contribution in [-0.4, -0.2) is 184 Å². The number of aliphatic hydroxyl groups is 2. The Labute approximate surface area is 807 Å². The summed E-state index contributed by atoms with van der Waals surface area (Å²) < 4.78 is 62.5. The van der Waals surface area contributed by atoms with Crippen molar-refractivity contribution in [1.82, 2.24) is 52.9 Å². The van der Waals surface area contributed by atoms with Crippen molar-refractivity contribution in [3.05, 3.63) is 212 Å². The summed E-state index contributed by atoms with van der Waals surface area (Å²) >= 11 is 6.35. The molecule has 3 amide bonds. The number of aliphatic hydroxyl groups excluding tert-OH is 1. The van der Waals surface area contributed by atoms with Crippen LogP contribution in [0.4, 0.5) is 17.5 Å². The van der Waals surface area contributed by atoms with E-state index in [1.807, 2.05) is 56.4 Å². The van der Waals surface area contributed by atoms with Crippen molar-refractivity contribution in [1.29, 1.82) is 0 Å². The van der Waals surface area contributed by atoms with Crippen molar-refractivity contribution in [2.75, 3.05) is 63.8 Å². The molecule has 7 aromatic rings. The molecule has 6 saturated heterocycles. The molecule has 30 nitrogen and oxygen atoms in total. The Kier molecular flexibility index (Phi) is 40.4. The highest BCUT2D eigenvalue weighted by Gasteiger charge is 2.59. The monoisotopic (exact) mass is 1940 g/mol. The highest BCUT2D eigenvalue weighted by Crippen LogP contribution is 2.68. The molecular weight excluding hydrogens is 1790 g/mol. The van der Waals surface area contributed by atoms with Crippen molar-refractivity contribution in [3.8, 4) is 0 Å².